The number of carbonyl (C=O) groups excluding carboxylic acids is 1. The van der Waals surface area contributed by atoms with E-state index in [2.05, 4.69) is 5.32 Å². The Morgan fingerprint density at radius 2 is 2.11 bits per heavy atom. The van der Waals surface area contributed by atoms with Gasteiger partial charge in [0.1, 0.15) is 0 Å². The largest absolute Gasteiger partial charge is 0.417 e. The molecule has 2 aliphatic heterocycles. The maximum atomic E-state index is 13.0. The first-order chi connectivity index (χ1) is 8.89. The third kappa shape index (κ3) is 1.82. The van der Waals surface area contributed by atoms with Crippen molar-refractivity contribution in [3.05, 3.63) is 34.9 Å². The van der Waals surface area contributed by atoms with E-state index in [1.807, 2.05) is 6.92 Å². The van der Waals surface area contributed by atoms with Crippen molar-refractivity contribution in [3.63, 3.8) is 0 Å². The van der Waals surface area contributed by atoms with E-state index in [0.29, 0.717) is 18.7 Å². The second-order valence-electron chi connectivity index (χ2n) is 5.05. The summed E-state index contributed by atoms with van der Waals surface area (Å²) in [6.07, 6.45) is -4.49. The highest BCUT2D eigenvalue weighted by molar-refractivity contribution is 6.01. The fourth-order valence-electron chi connectivity index (χ4n) is 2.88. The van der Waals surface area contributed by atoms with Gasteiger partial charge < -0.3 is 10.2 Å². The van der Waals surface area contributed by atoms with Crippen molar-refractivity contribution in [1.29, 1.82) is 0 Å². The Morgan fingerprint density at radius 3 is 2.79 bits per heavy atom. The monoisotopic (exact) mass is 270 g/mol. The summed E-state index contributed by atoms with van der Waals surface area (Å²) < 4.78 is 39.0. The predicted octanol–water partition coefficient (Wildman–Crippen LogP) is 2.19. The highest BCUT2D eigenvalue weighted by Gasteiger charge is 2.45. The normalized spacial score (nSPS) is 26.3. The average Bonchev–Trinajstić information content (AvgIpc) is 2.62. The summed E-state index contributed by atoms with van der Waals surface area (Å²) >= 11 is 0. The van der Waals surface area contributed by atoms with Gasteiger partial charge in [0.15, 0.2) is 0 Å². The van der Waals surface area contributed by atoms with E-state index in [1.165, 1.54) is 6.07 Å². The minimum absolute atomic E-state index is 0.101. The van der Waals surface area contributed by atoms with Crippen LogP contribution in [0.3, 0.4) is 0 Å². The van der Waals surface area contributed by atoms with Gasteiger partial charge >= 0.3 is 6.18 Å². The number of nitrogens with one attached hydrogen (secondary N) is 1. The third-order valence-electron chi connectivity index (χ3n) is 3.74. The van der Waals surface area contributed by atoms with Gasteiger partial charge in [-0.2, -0.15) is 13.2 Å². The van der Waals surface area contributed by atoms with Crippen LogP contribution in [0.1, 0.15) is 34.5 Å². The standard InChI is InChI=1S/C13H13F3N2O/c1-7-6-18-10(5-17-7)8-3-2-4-9(13(14,15)16)11(8)12(18)19/h2-4,7,10,17H,5-6H2,1H3/t7?,10-/m0/s1. The number of halogens is 3. The van der Waals surface area contributed by atoms with Crippen LogP contribution in [0.15, 0.2) is 18.2 Å². The van der Waals surface area contributed by atoms with Crippen molar-refractivity contribution in [3.8, 4) is 0 Å². The van der Waals surface area contributed by atoms with Gasteiger partial charge in [0.05, 0.1) is 17.2 Å². The van der Waals surface area contributed by atoms with Crippen LogP contribution >= 0.6 is 0 Å². The lowest BCUT2D eigenvalue weighted by Crippen LogP contribution is -2.50. The van der Waals surface area contributed by atoms with E-state index in [4.69, 9.17) is 0 Å². The Labute approximate surface area is 108 Å². The van der Waals surface area contributed by atoms with Gasteiger partial charge in [-0.05, 0) is 18.6 Å². The molecule has 2 atom stereocenters. The molecular formula is C13H13F3N2O. The van der Waals surface area contributed by atoms with Crippen LogP contribution in [-0.4, -0.2) is 29.9 Å². The molecule has 2 heterocycles. The number of piperazine rings is 1. The van der Waals surface area contributed by atoms with E-state index < -0.39 is 17.6 Å². The molecule has 102 valence electrons. The first kappa shape index (κ1) is 12.5. The molecule has 0 saturated carbocycles. The number of rotatable bonds is 0. The second-order valence-corrected chi connectivity index (χ2v) is 5.05. The number of fused-ring (bicyclic) bond motifs is 3. The van der Waals surface area contributed by atoms with Gasteiger partial charge in [-0.1, -0.05) is 12.1 Å². The smallest absolute Gasteiger partial charge is 0.329 e. The molecule has 1 amide bonds. The van der Waals surface area contributed by atoms with Gasteiger partial charge in [-0.15, -0.1) is 0 Å². The Balaban J connectivity index is 2.12. The Kier molecular flexibility index (Phi) is 2.60. The molecule has 0 radical (unpaired) electrons. The summed E-state index contributed by atoms with van der Waals surface area (Å²) in [6, 6.07) is 3.79. The number of amides is 1. The van der Waals surface area contributed by atoms with Gasteiger partial charge in [-0.25, -0.2) is 0 Å². The number of nitrogens with zero attached hydrogens (tertiary/aromatic N) is 1. The molecule has 3 nitrogen and oxygen atoms in total. The van der Waals surface area contributed by atoms with Crippen LogP contribution in [0, 0.1) is 0 Å². The predicted molar refractivity (Wildman–Crippen MR) is 62.7 cm³/mol. The van der Waals surface area contributed by atoms with Crippen LogP contribution in [-0.2, 0) is 6.18 Å². The lowest BCUT2D eigenvalue weighted by molar-refractivity contribution is -0.137. The maximum absolute atomic E-state index is 13.0. The van der Waals surface area contributed by atoms with Crippen molar-refractivity contribution in [2.24, 2.45) is 0 Å². The van der Waals surface area contributed by atoms with Gasteiger partial charge in [0.2, 0.25) is 0 Å². The van der Waals surface area contributed by atoms with Gasteiger partial charge in [-0.3, -0.25) is 4.79 Å². The number of alkyl halides is 3. The second kappa shape index (κ2) is 3.96. The SMILES string of the molecule is CC1CN2C(=O)c3c(cccc3C(F)(F)F)[C@@H]2CN1. The number of hydrogen-bond donors (Lipinski definition) is 1. The van der Waals surface area contributed by atoms with Crippen LogP contribution in [0.4, 0.5) is 13.2 Å². The summed E-state index contributed by atoms with van der Waals surface area (Å²) in [7, 11) is 0. The van der Waals surface area contributed by atoms with E-state index in [9.17, 15) is 18.0 Å². The molecular weight excluding hydrogens is 257 g/mol. The summed E-state index contributed by atoms with van der Waals surface area (Å²) in [5.74, 6) is -0.499. The molecule has 0 aliphatic carbocycles. The molecule has 2 aliphatic rings. The first-order valence-electron chi connectivity index (χ1n) is 6.14. The van der Waals surface area contributed by atoms with E-state index in [-0.39, 0.29) is 17.6 Å². The summed E-state index contributed by atoms with van der Waals surface area (Å²) in [5.41, 5.74) is -0.507. The zero-order chi connectivity index (χ0) is 13.8. The minimum atomic E-state index is -4.49. The van der Waals surface area contributed by atoms with E-state index in [1.54, 1.807) is 11.0 Å². The van der Waals surface area contributed by atoms with Crippen molar-refractivity contribution < 1.29 is 18.0 Å². The molecule has 1 aromatic carbocycles. The van der Waals surface area contributed by atoms with E-state index in [0.717, 1.165) is 6.07 Å². The molecule has 1 N–H and O–H groups in total. The maximum Gasteiger partial charge on any atom is 0.417 e. The molecule has 0 aromatic heterocycles. The lowest BCUT2D eigenvalue weighted by Gasteiger charge is -2.34. The molecule has 1 aromatic rings. The molecule has 3 rings (SSSR count). The molecule has 6 heteroatoms. The van der Waals surface area contributed by atoms with Crippen molar-refractivity contribution in [1.82, 2.24) is 10.2 Å². The average molecular weight is 270 g/mol. The minimum Gasteiger partial charge on any atom is -0.329 e. The Hall–Kier alpha value is -1.56. The molecule has 1 saturated heterocycles. The van der Waals surface area contributed by atoms with Gasteiger partial charge in [0, 0.05) is 19.1 Å². The van der Waals surface area contributed by atoms with Crippen molar-refractivity contribution >= 4 is 5.91 Å². The fraction of sp³-hybridized carbons (Fsp3) is 0.462. The number of carbonyl (C=O) groups is 1. The molecule has 0 spiro atoms. The molecule has 1 fully saturated rings. The topological polar surface area (TPSA) is 32.3 Å². The highest BCUT2D eigenvalue weighted by atomic mass is 19.4. The zero-order valence-corrected chi connectivity index (χ0v) is 10.3. The first-order valence-corrected chi connectivity index (χ1v) is 6.14. The number of hydrogen-bond acceptors (Lipinski definition) is 2. The lowest BCUT2D eigenvalue weighted by atomic mass is 9.98. The molecule has 1 unspecified atom stereocenters. The van der Waals surface area contributed by atoms with Gasteiger partial charge in [0.25, 0.3) is 5.91 Å². The molecule has 0 bridgehead atoms. The summed E-state index contributed by atoms with van der Waals surface area (Å²) in [6.45, 7) is 2.86. The van der Waals surface area contributed by atoms with E-state index >= 15 is 0 Å². The summed E-state index contributed by atoms with van der Waals surface area (Å²) in [5, 5.41) is 3.20. The summed E-state index contributed by atoms with van der Waals surface area (Å²) in [4.78, 5) is 13.8. The fourth-order valence-corrected chi connectivity index (χ4v) is 2.88. The van der Waals surface area contributed by atoms with Crippen LogP contribution < -0.4 is 5.32 Å². The van der Waals surface area contributed by atoms with Crippen molar-refractivity contribution in [2.45, 2.75) is 25.2 Å². The van der Waals surface area contributed by atoms with Crippen LogP contribution in [0.2, 0.25) is 0 Å². The third-order valence-corrected chi connectivity index (χ3v) is 3.74. The highest BCUT2D eigenvalue weighted by Crippen LogP contribution is 2.42. The quantitative estimate of drug-likeness (QED) is 0.783. The van der Waals surface area contributed by atoms with Crippen LogP contribution in [0.25, 0.3) is 0 Å². The Morgan fingerprint density at radius 1 is 1.37 bits per heavy atom. The number of benzene rings is 1. The molecule has 19 heavy (non-hydrogen) atoms. The van der Waals surface area contributed by atoms with Crippen molar-refractivity contribution in [2.75, 3.05) is 13.1 Å². The Bertz CT molecular complexity index is 541. The van der Waals surface area contributed by atoms with Crippen LogP contribution in [0.5, 0.6) is 0 Å². The zero-order valence-electron chi connectivity index (χ0n) is 10.3.